The number of thiocarbonyl (C=S) groups is 1. The van der Waals surface area contributed by atoms with Crippen LogP contribution >= 0.6 is 12.2 Å². The highest BCUT2D eigenvalue weighted by atomic mass is 32.1. The monoisotopic (exact) mass is 159 g/mol. The maximum Gasteiger partial charge on any atom is 0.0528 e. The van der Waals surface area contributed by atoms with Crippen molar-refractivity contribution >= 4 is 17.1 Å². The summed E-state index contributed by atoms with van der Waals surface area (Å²) in [5.74, 6) is 0. The predicted molar refractivity (Wildman–Crippen MR) is 49.7 cm³/mol. The van der Waals surface area contributed by atoms with Gasteiger partial charge in [-0.1, -0.05) is 42.6 Å². The molecule has 0 aliphatic heterocycles. The third kappa shape index (κ3) is 1.12. The van der Waals surface area contributed by atoms with Crippen molar-refractivity contribution in [2.24, 2.45) is 0 Å². The summed E-state index contributed by atoms with van der Waals surface area (Å²) in [7, 11) is 0. The van der Waals surface area contributed by atoms with Crippen molar-refractivity contribution in [2.75, 3.05) is 0 Å². The van der Waals surface area contributed by atoms with Gasteiger partial charge < -0.3 is 0 Å². The number of benzene rings is 1. The zero-order valence-electron chi connectivity index (χ0n) is 6.00. The third-order valence-corrected chi connectivity index (χ3v) is 2.15. The van der Waals surface area contributed by atoms with E-state index in [1.807, 2.05) is 18.2 Å². The number of hydrogen-bond acceptors (Lipinski definition) is 1. The second kappa shape index (κ2) is 2.59. The summed E-state index contributed by atoms with van der Waals surface area (Å²) >= 11 is 5.12. The summed E-state index contributed by atoms with van der Waals surface area (Å²) in [6, 6.07) is 8.22. The zero-order valence-corrected chi connectivity index (χ0v) is 6.82. The van der Waals surface area contributed by atoms with E-state index in [4.69, 9.17) is 12.2 Å². The lowest BCUT2D eigenvalue weighted by Crippen LogP contribution is -2.03. The molecule has 0 fully saturated rings. The molecule has 0 spiro atoms. The Balaban J connectivity index is 2.59. The normalized spacial score (nSPS) is 14.7. The smallest absolute Gasteiger partial charge is 0.0528 e. The Labute approximate surface area is 71.6 Å². The lowest BCUT2D eigenvalue weighted by atomic mass is 9.97. The van der Waals surface area contributed by atoms with E-state index in [9.17, 15) is 0 Å². The van der Waals surface area contributed by atoms with Gasteiger partial charge in [0.15, 0.2) is 0 Å². The highest BCUT2D eigenvalue weighted by Gasteiger charge is 2.07. The molecule has 0 saturated carbocycles. The third-order valence-electron chi connectivity index (χ3n) is 1.82. The quantitative estimate of drug-likeness (QED) is 0.523. The van der Waals surface area contributed by atoms with E-state index in [-0.39, 0.29) is 0 Å². The minimum absolute atomic E-state index is 0.840. The van der Waals surface area contributed by atoms with Gasteiger partial charge in [0.2, 0.25) is 0 Å². The molecule has 1 aliphatic carbocycles. The van der Waals surface area contributed by atoms with Crippen LogP contribution in [-0.2, 0) is 6.42 Å². The van der Waals surface area contributed by atoms with Crippen molar-refractivity contribution in [3.63, 3.8) is 0 Å². The molecule has 0 N–H and O–H groups in total. The maximum absolute atomic E-state index is 5.12. The molecule has 0 unspecified atom stereocenters. The van der Waals surface area contributed by atoms with E-state index in [1.54, 1.807) is 0 Å². The van der Waals surface area contributed by atoms with Gasteiger partial charge in [-0.2, -0.15) is 0 Å². The van der Waals surface area contributed by atoms with Crippen LogP contribution < -0.4 is 0 Å². The molecule has 0 heterocycles. The van der Waals surface area contributed by atoms with Crippen LogP contribution in [0.2, 0.25) is 0 Å². The molecule has 1 aliphatic rings. The average molecular weight is 159 g/mol. The fourth-order valence-electron chi connectivity index (χ4n) is 1.25. The van der Waals surface area contributed by atoms with E-state index < -0.39 is 0 Å². The van der Waals surface area contributed by atoms with Crippen LogP contribution in [0.25, 0.3) is 0 Å². The van der Waals surface area contributed by atoms with Crippen LogP contribution in [0.15, 0.2) is 30.3 Å². The SMILES string of the molecule is S=C1[C]=CCc2ccccc21. The Kier molecular flexibility index (Phi) is 1.59. The molecule has 0 nitrogen and oxygen atoms in total. The minimum atomic E-state index is 0.840. The lowest BCUT2D eigenvalue weighted by Gasteiger charge is -2.09. The fraction of sp³-hybridized carbons (Fsp3) is 0.100. The van der Waals surface area contributed by atoms with Crippen molar-refractivity contribution in [3.8, 4) is 0 Å². The Morgan fingerprint density at radius 3 is 2.91 bits per heavy atom. The van der Waals surface area contributed by atoms with Crippen LogP contribution in [-0.4, -0.2) is 4.86 Å². The van der Waals surface area contributed by atoms with Crippen molar-refractivity contribution in [2.45, 2.75) is 6.42 Å². The highest BCUT2D eigenvalue weighted by molar-refractivity contribution is 7.81. The van der Waals surface area contributed by atoms with Crippen LogP contribution in [0, 0.1) is 6.08 Å². The topological polar surface area (TPSA) is 0 Å². The molecule has 53 valence electrons. The van der Waals surface area contributed by atoms with Gasteiger partial charge in [-0.05, 0) is 23.6 Å². The Morgan fingerprint density at radius 1 is 1.27 bits per heavy atom. The summed E-state index contributed by atoms with van der Waals surface area (Å²) in [6.07, 6.45) is 6.00. The summed E-state index contributed by atoms with van der Waals surface area (Å²) in [4.78, 5) is 0.840. The standard InChI is InChI=1S/C10H7S/c11-10-7-3-5-8-4-1-2-6-9(8)10/h1-4,6H,5H2. The molecule has 0 atom stereocenters. The second-order valence-electron chi connectivity index (χ2n) is 2.54. The van der Waals surface area contributed by atoms with E-state index in [1.165, 1.54) is 11.1 Å². The fourth-order valence-corrected chi connectivity index (χ4v) is 1.53. The van der Waals surface area contributed by atoms with Crippen molar-refractivity contribution in [1.82, 2.24) is 0 Å². The number of fused-ring (bicyclic) bond motifs is 1. The molecule has 2 rings (SSSR count). The van der Waals surface area contributed by atoms with Gasteiger partial charge >= 0.3 is 0 Å². The summed E-state index contributed by atoms with van der Waals surface area (Å²) in [5.41, 5.74) is 2.49. The van der Waals surface area contributed by atoms with E-state index in [0.29, 0.717) is 0 Å². The molecule has 1 radical (unpaired) electrons. The average Bonchev–Trinajstić information content (AvgIpc) is 2.06. The van der Waals surface area contributed by atoms with Gasteiger partial charge in [-0.15, -0.1) is 0 Å². The van der Waals surface area contributed by atoms with E-state index in [2.05, 4.69) is 18.2 Å². The Morgan fingerprint density at radius 2 is 2.09 bits per heavy atom. The first kappa shape index (κ1) is 6.74. The number of allylic oxidation sites excluding steroid dienone is 2. The van der Waals surface area contributed by atoms with E-state index >= 15 is 0 Å². The Hall–Kier alpha value is -0.950. The zero-order chi connectivity index (χ0) is 7.68. The lowest BCUT2D eigenvalue weighted by molar-refractivity contribution is 1.24. The van der Waals surface area contributed by atoms with Crippen LogP contribution in [0.1, 0.15) is 11.1 Å². The van der Waals surface area contributed by atoms with Crippen molar-refractivity contribution in [3.05, 3.63) is 47.5 Å². The minimum Gasteiger partial charge on any atom is -0.0788 e. The molecule has 1 aromatic rings. The van der Waals surface area contributed by atoms with Crippen molar-refractivity contribution in [1.29, 1.82) is 0 Å². The number of hydrogen-bond donors (Lipinski definition) is 0. The molecule has 0 aromatic heterocycles. The first-order chi connectivity index (χ1) is 5.38. The molecule has 0 amide bonds. The Bertz CT molecular complexity index is 323. The van der Waals surface area contributed by atoms with Gasteiger partial charge in [0.1, 0.15) is 0 Å². The van der Waals surface area contributed by atoms with Gasteiger partial charge in [0.05, 0.1) is 4.86 Å². The van der Waals surface area contributed by atoms with E-state index in [0.717, 1.165) is 11.3 Å². The summed E-state index contributed by atoms with van der Waals surface area (Å²) in [5, 5.41) is 0. The molecule has 11 heavy (non-hydrogen) atoms. The van der Waals surface area contributed by atoms with Gasteiger partial charge in [-0.3, -0.25) is 0 Å². The second-order valence-corrected chi connectivity index (χ2v) is 2.95. The molecule has 0 bridgehead atoms. The summed E-state index contributed by atoms with van der Waals surface area (Å²) in [6.45, 7) is 0. The van der Waals surface area contributed by atoms with Crippen LogP contribution in [0.5, 0.6) is 0 Å². The first-order valence-corrected chi connectivity index (χ1v) is 3.99. The largest absolute Gasteiger partial charge is 0.0788 e. The van der Waals surface area contributed by atoms with Crippen LogP contribution in [0.3, 0.4) is 0 Å². The van der Waals surface area contributed by atoms with Gasteiger partial charge in [-0.25, -0.2) is 0 Å². The van der Waals surface area contributed by atoms with Crippen molar-refractivity contribution < 1.29 is 0 Å². The molecule has 1 heteroatoms. The molecule has 1 aromatic carbocycles. The maximum atomic E-state index is 5.12. The molecular weight excluding hydrogens is 152 g/mol. The van der Waals surface area contributed by atoms with Crippen LogP contribution in [0.4, 0.5) is 0 Å². The molecular formula is C10H7S. The first-order valence-electron chi connectivity index (χ1n) is 3.58. The van der Waals surface area contributed by atoms with Gasteiger partial charge in [0, 0.05) is 0 Å². The summed E-state index contributed by atoms with van der Waals surface area (Å²) < 4.78 is 0. The predicted octanol–water partition coefficient (Wildman–Crippen LogP) is 2.32. The number of rotatable bonds is 0. The van der Waals surface area contributed by atoms with Gasteiger partial charge in [0.25, 0.3) is 0 Å². The molecule has 0 saturated heterocycles. The highest BCUT2D eigenvalue weighted by Crippen LogP contribution is 2.15.